The summed E-state index contributed by atoms with van der Waals surface area (Å²) in [7, 11) is 0. The minimum Gasteiger partial charge on any atom is -0.380 e. The van der Waals surface area contributed by atoms with E-state index in [0.717, 1.165) is 5.70 Å². The van der Waals surface area contributed by atoms with Crippen molar-refractivity contribution in [2.45, 2.75) is 6.04 Å². The molecule has 0 amide bonds. The fourth-order valence-corrected chi connectivity index (χ4v) is 1.16. The number of alkyl halides is 2. The summed E-state index contributed by atoms with van der Waals surface area (Å²) in [5.41, 5.74) is 1.04. The summed E-state index contributed by atoms with van der Waals surface area (Å²) >= 11 is 11.2. The predicted octanol–water partition coefficient (Wildman–Crippen LogP) is 1.88. The number of hydrogen-bond donors (Lipinski definition) is 1. The molecule has 1 heterocycles. The van der Waals surface area contributed by atoms with Gasteiger partial charge in [0.05, 0.1) is 11.9 Å². The van der Waals surface area contributed by atoms with Crippen molar-refractivity contribution < 1.29 is 0 Å². The number of dihydropyridines is 1. The molecule has 1 unspecified atom stereocenters. The second-order valence-electron chi connectivity index (χ2n) is 2.12. The first-order chi connectivity index (χ1) is 4.86. The third-order valence-corrected chi connectivity index (χ3v) is 1.94. The van der Waals surface area contributed by atoms with Gasteiger partial charge in [-0.15, -0.1) is 23.2 Å². The molecule has 0 aromatic carbocycles. The lowest BCUT2D eigenvalue weighted by Gasteiger charge is -2.17. The second kappa shape index (κ2) is 3.89. The summed E-state index contributed by atoms with van der Waals surface area (Å²) in [5, 5.41) is 3.16. The highest BCUT2D eigenvalue weighted by atomic mass is 35.5. The minimum absolute atomic E-state index is 0.250. The van der Waals surface area contributed by atoms with E-state index in [2.05, 4.69) is 5.32 Å². The van der Waals surface area contributed by atoms with Crippen LogP contribution in [0.15, 0.2) is 23.9 Å². The van der Waals surface area contributed by atoms with Crippen LogP contribution in [0.3, 0.4) is 0 Å². The second-order valence-corrected chi connectivity index (χ2v) is 2.69. The van der Waals surface area contributed by atoms with Gasteiger partial charge in [-0.05, 0) is 6.08 Å². The lowest BCUT2D eigenvalue weighted by atomic mass is 10.2. The molecule has 0 saturated carbocycles. The lowest BCUT2D eigenvalue weighted by Crippen LogP contribution is -2.30. The average molecular weight is 178 g/mol. The van der Waals surface area contributed by atoms with Gasteiger partial charge < -0.3 is 5.32 Å². The van der Waals surface area contributed by atoms with Crippen LogP contribution in [-0.4, -0.2) is 17.8 Å². The smallest absolute Gasteiger partial charge is 0.0621 e. The highest BCUT2D eigenvalue weighted by molar-refractivity contribution is 6.19. The zero-order chi connectivity index (χ0) is 7.40. The van der Waals surface area contributed by atoms with Crippen molar-refractivity contribution in [1.29, 1.82) is 0 Å². The van der Waals surface area contributed by atoms with Crippen LogP contribution >= 0.6 is 23.2 Å². The Bertz CT molecular complexity index is 163. The molecule has 1 aliphatic rings. The van der Waals surface area contributed by atoms with Crippen LogP contribution in [0.2, 0.25) is 0 Å². The van der Waals surface area contributed by atoms with Crippen LogP contribution in [0.5, 0.6) is 0 Å². The third kappa shape index (κ3) is 1.93. The van der Waals surface area contributed by atoms with Crippen LogP contribution in [-0.2, 0) is 0 Å². The molecule has 0 spiro atoms. The van der Waals surface area contributed by atoms with Gasteiger partial charge in [0.15, 0.2) is 0 Å². The van der Waals surface area contributed by atoms with E-state index in [1.807, 2.05) is 18.2 Å². The predicted molar refractivity (Wildman–Crippen MR) is 45.6 cm³/mol. The summed E-state index contributed by atoms with van der Waals surface area (Å²) in [6.45, 7) is 0. The van der Waals surface area contributed by atoms with Crippen molar-refractivity contribution in [2.24, 2.45) is 0 Å². The Balaban J connectivity index is 2.50. The van der Waals surface area contributed by atoms with Gasteiger partial charge in [-0.2, -0.15) is 0 Å². The average Bonchev–Trinajstić information content (AvgIpc) is 2.05. The molecule has 0 saturated heterocycles. The fraction of sp³-hybridized carbons (Fsp3) is 0.429. The van der Waals surface area contributed by atoms with Gasteiger partial charge >= 0.3 is 0 Å². The molecule has 0 bridgehead atoms. The normalized spacial score (nSPS) is 23.8. The van der Waals surface area contributed by atoms with E-state index >= 15 is 0 Å². The van der Waals surface area contributed by atoms with E-state index in [1.165, 1.54) is 0 Å². The number of allylic oxidation sites excluding steroid dienone is 3. The van der Waals surface area contributed by atoms with Crippen molar-refractivity contribution in [3.05, 3.63) is 23.9 Å². The van der Waals surface area contributed by atoms with E-state index < -0.39 is 0 Å². The molecule has 1 atom stereocenters. The molecule has 1 nitrogen and oxygen atoms in total. The number of hydrogen-bond acceptors (Lipinski definition) is 1. The van der Waals surface area contributed by atoms with Crippen molar-refractivity contribution in [1.82, 2.24) is 5.32 Å². The summed E-state index contributed by atoms with van der Waals surface area (Å²) in [6, 6.07) is 0.250. The lowest BCUT2D eigenvalue weighted by molar-refractivity contribution is 0.725. The molecule has 0 aliphatic carbocycles. The van der Waals surface area contributed by atoms with Crippen molar-refractivity contribution in [3.8, 4) is 0 Å². The van der Waals surface area contributed by atoms with E-state index in [9.17, 15) is 0 Å². The molecule has 1 aliphatic heterocycles. The zero-order valence-corrected chi connectivity index (χ0v) is 6.99. The molecule has 3 heteroatoms. The monoisotopic (exact) mass is 177 g/mol. The Morgan fingerprint density at radius 3 is 2.90 bits per heavy atom. The minimum atomic E-state index is 0.250. The van der Waals surface area contributed by atoms with E-state index in [0.29, 0.717) is 11.8 Å². The van der Waals surface area contributed by atoms with E-state index in [4.69, 9.17) is 23.2 Å². The Hall–Kier alpha value is -0.140. The molecular weight excluding hydrogens is 169 g/mol. The van der Waals surface area contributed by atoms with Crippen molar-refractivity contribution in [3.63, 3.8) is 0 Å². The van der Waals surface area contributed by atoms with Gasteiger partial charge in [-0.1, -0.05) is 12.2 Å². The summed E-state index contributed by atoms with van der Waals surface area (Å²) < 4.78 is 0. The maximum atomic E-state index is 5.62. The van der Waals surface area contributed by atoms with Gasteiger partial charge in [0.1, 0.15) is 0 Å². The van der Waals surface area contributed by atoms with E-state index in [1.54, 1.807) is 0 Å². The Morgan fingerprint density at radius 2 is 2.30 bits per heavy atom. The van der Waals surface area contributed by atoms with Crippen LogP contribution < -0.4 is 5.32 Å². The summed E-state index contributed by atoms with van der Waals surface area (Å²) in [5.74, 6) is 1.11. The number of nitrogens with one attached hydrogen (secondary N) is 1. The maximum absolute atomic E-state index is 5.62. The van der Waals surface area contributed by atoms with Crippen molar-refractivity contribution >= 4 is 23.2 Å². The molecule has 56 valence electrons. The Morgan fingerprint density at radius 1 is 1.50 bits per heavy atom. The Labute approximate surface area is 70.7 Å². The molecule has 0 fully saturated rings. The number of halogens is 2. The quantitative estimate of drug-likeness (QED) is 0.636. The van der Waals surface area contributed by atoms with E-state index in [-0.39, 0.29) is 6.04 Å². The third-order valence-electron chi connectivity index (χ3n) is 1.32. The zero-order valence-electron chi connectivity index (χ0n) is 5.48. The van der Waals surface area contributed by atoms with Gasteiger partial charge in [0.2, 0.25) is 0 Å². The molecule has 0 radical (unpaired) electrons. The van der Waals surface area contributed by atoms with Crippen LogP contribution in [0, 0.1) is 0 Å². The molecule has 0 aromatic heterocycles. The molecule has 1 rings (SSSR count). The number of rotatable bonds is 2. The highest BCUT2D eigenvalue weighted by Gasteiger charge is 2.06. The van der Waals surface area contributed by atoms with Gasteiger partial charge in [-0.3, -0.25) is 0 Å². The molecular formula is C7H9Cl2N. The van der Waals surface area contributed by atoms with Gasteiger partial charge in [0.25, 0.3) is 0 Å². The van der Waals surface area contributed by atoms with Crippen molar-refractivity contribution in [2.75, 3.05) is 11.8 Å². The first kappa shape index (κ1) is 7.96. The first-order valence-electron chi connectivity index (χ1n) is 3.12. The summed E-state index contributed by atoms with van der Waals surface area (Å²) in [6.07, 6.45) is 5.94. The molecule has 1 N–H and O–H groups in total. The Kier molecular flexibility index (Phi) is 3.10. The van der Waals surface area contributed by atoms with Crippen LogP contribution in [0.25, 0.3) is 0 Å². The fourth-order valence-electron chi connectivity index (χ4n) is 0.813. The van der Waals surface area contributed by atoms with Gasteiger partial charge in [-0.25, -0.2) is 0 Å². The summed E-state index contributed by atoms with van der Waals surface area (Å²) in [4.78, 5) is 0. The first-order valence-corrected chi connectivity index (χ1v) is 4.19. The standard InChI is InChI=1S/C7H9Cl2N/c8-4-6-2-1-3-7(5-9)10-6/h1-3,6,10H,4-5H2. The van der Waals surface area contributed by atoms with Gasteiger partial charge in [0, 0.05) is 11.6 Å². The molecule has 10 heavy (non-hydrogen) atoms. The maximum Gasteiger partial charge on any atom is 0.0621 e. The highest BCUT2D eigenvalue weighted by Crippen LogP contribution is 2.04. The molecule has 0 aromatic rings. The SMILES string of the molecule is ClCC1=CC=CC(CCl)N1. The largest absolute Gasteiger partial charge is 0.380 e. The van der Waals surface area contributed by atoms with Crippen LogP contribution in [0.1, 0.15) is 0 Å². The van der Waals surface area contributed by atoms with Crippen LogP contribution in [0.4, 0.5) is 0 Å². The topological polar surface area (TPSA) is 12.0 Å².